The van der Waals surface area contributed by atoms with E-state index in [1.165, 1.54) is 6.42 Å². The number of anilines is 1. The molecule has 0 aliphatic carbocycles. The highest BCUT2D eigenvalue weighted by Gasteiger charge is 2.02. The Hall–Kier alpha value is -1.38. The van der Waals surface area contributed by atoms with Gasteiger partial charge in [0.05, 0.1) is 19.4 Å². The van der Waals surface area contributed by atoms with E-state index in [0.29, 0.717) is 11.4 Å². The van der Waals surface area contributed by atoms with Gasteiger partial charge in [0.1, 0.15) is 11.5 Å². The van der Waals surface area contributed by atoms with Crippen molar-refractivity contribution in [2.75, 3.05) is 19.5 Å². The van der Waals surface area contributed by atoms with Gasteiger partial charge < -0.3 is 15.2 Å². The second-order valence-electron chi connectivity index (χ2n) is 4.29. The van der Waals surface area contributed by atoms with E-state index in [1.54, 1.807) is 13.2 Å². The molecular weight excluding hydrogens is 202 g/mol. The lowest BCUT2D eigenvalue weighted by Gasteiger charge is -2.10. The lowest BCUT2D eigenvalue weighted by atomic mass is 10.1. The molecular formula is C13H21NO2. The first-order valence-corrected chi connectivity index (χ1v) is 5.69. The molecule has 1 aromatic rings. The van der Waals surface area contributed by atoms with Crippen LogP contribution in [0, 0.1) is 5.92 Å². The molecule has 0 aliphatic heterocycles. The molecule has 0 aliphatic rings. The molecule has 0 unspecified atom stereocenters. The molecule has 3 heteroatoms. The Labute approximate surface area is 97.6 Å². The monoisotopic (exact) mass is 223 g/mol. The van der Waals surface area contributed by atoms with Crippen molar-refractivity contribution in [2.45, 2.75) is 26.7 Å². The molecule has 16 heavy (non-hydrogen) atoms. The topological polar surface area (TPSA) is 44.5 Å². The van der Waals surface area contributed by atoms with Gasteiger partial charge in [-0.05, 0) is 30.9 Å². The number of ether oxygens (including phenoxy) is 2. The number of nitrogen functional groups attached to an aromatic ring is 1. The highest BCUT2D eigenvalue weighted by molar-refractivity contribution is 5.55. The summed E-state index contributed by atoms with van der Waals surface area (Å²) in [5.74, 6) is 2.21. The molecule has 1 aromatic carbocycles. The number of benzene rings is 1. The van der Waals surface area contributed by atoms with Crippen molar-refractivity contribution in [2.24, 2.45) is 5.92 Å². The number of nitrogens with two attached hydrogens (primary N) is 1. The predicted molar refractivity (Wildman–Crippen MR) is 67.0 cm³/mol. The summed E-state index contributed by atoms with van der Waals surface area (Å²) in [7, 11) is 1.61. The van der Waals surface area contributed by atoms with Crippen LogP contribution in [0.3, 0.4) is 0 Å². The normalized spacial score (nSPS) is 10.5. The van der Waals surface area contributed by atoms with Crippen LogP contribution in [0.4, 0.5) is 5.69 Å². The second kappa shape index (κ2) is 6.26. The Kier molecular flexibility index (Phi) is 4.96. The van der Waals surface area contributed by atoms with E-state index >= 15 is 0 Å². The van der Waals surface area contributed by atoms with Crippen LogP contribution in [0.25, 0.3) is 0 Å². The maximum Gasteiger partial charge on any atom is 0.145 e. The summed E-state index contributed by atoms with van der Waals surface area (Å²) in [6.07, 6.45) is 2.26. The van der Waals surface area contributed by atoms with Gasteiger partial charge in [0.2, 0.25) is 0 Å². The van der Waals surface area contributed by atoms with E-state index < -0.39 is 0 Å². The number of hydrogen-bond acceptors (Lipinski definition) is 3. The van der Waals surface area contributed by atoms with E-state index in [9.17, 15) is 0 Å². The molecule has 90 valence electrons. The quantitative estimate of drug-likeness (QED) is 0.595. The number of methoxy groups -OCH3 is 1. The molecule has 2 N–H and O–H groups in total. The molecule has 0 amide bonds. The van der Waals surface area contributed by atoms with Gasteiger partial charge in [-0.1, -0.05) is 13.8 Å². The van der Waals surface area contributed by atoms with E-state index in [0.717, 1.165) is 24.7 Å². The van der Waals surface area contributed by atoms with E-state index in [4.69, 9.17) is 15.2 Å². The van der Waals surface area contributed by atoms with Gasteiger partial charge >= 0.3 is 0 Å². The SMILES string of the molecule is COc1cc(OCCCC(C)C)ccc1N. The third-order valence-corrected chi connectivity index (χ3v) is 2.40. The van der Waals surface area contributed by atoms with Gasteiger partial charge in [0.15, 0.2) is 0 Å². The molecule has 0 bridgehead atoms. The Balaban J connectivity index is 2.42. The molecule has 0 saturated heterocycles. The van der Waals surface area contributed by atoms with Crippen LogP contribution < -0.4 is 15.2 Å². The molecule has 0 aromatic heterocycles. The molecule has 0 saturated carbocycles. The molecule has 0 fully saturated rings. The maximum atomic E-state index is 5.71. The van der Waals surface area contributed by atoms with Crippen molar-refractivity contribution in [1.29, 1.82) is 0 Å². The predicted octanol–water partition coefficient (Wildman–Crippen LogP) is 3.09. The fraction of sp³-hybridized carbons (Fsp3) is 0.538. The molecule has 0 spiro atoms. The van der Waals surface area contributed by atoms with Crippen molar-refractivity contribution in [1.82, 2.24) is 0 Å². The zero-order chi connectivity index (χ0) is 12.0. The lowest BCUT2D eigenvalue weighted by Crippen LogP contribution is -2.00. The van der Waals surface area contributed by atoms with Crippen LogP contribution >= 0.6 is 0 Å². The maximum absolute atomic E-state index is 5.71. The summed E-state index contributed by atoms with van der Waals surface area (Å²) in [6, 6.07) is 5.49. The summed E-state index contributed by atoms with van der Waals surface area (Å²) < 4.78 is 10.7. The van der Waals surface area contributed by atoms with Crippen LogP contribution in [0.5, 0.6) is 11.5 Å². The largest absolute Gasteiger partial charge is 0.494 e. The highest BCUT2D eigenvalue weighted by Crippen LogP contribution is 2.26. The van der Waals surface area contributed by atoms with Crippen molar-refractivity contribution in [3.8, 4) is 11.5 Å². The minimum Gasteiger partial charge on any atom is -0.494 e. The minimum atomic E-state index is 0.636. The molecule has 0 radical (unpaired) electrons. The fourth-order valence-corrected chi connectivity index (χ4v) is 1.46. The first-order valence-electron chi connectivity index (χ1n) is 5.69. The van der Waals surface area contributed by atoms with Crippen LogP contribution in [-0.4, -0.2) is 13.7 Å². The third-order valence-electron chi connectivity index (χ3n) is 2.40. The smallest absolute Gasteiger partial charge is 0.145 e. The fourth-order valence-electron chi connectivity index (χ4n) is 1.46. The zero-order valence-electron chi connectivity index (χ0n) is 10.3. The zero-order valence-corrected chi connectivity index (χ0v) is 10.3. The second-order valence-corrected chi connectivity index (χ2v) is 4.29. The molecule has 3 nitrogen and oxygen atoms in total. The average molecular weight is 223 g/mol. The van der Waals surface area contributed by atoms with Crippen molar-refractivity contribution < 1.29 is 9.47 Å². The van der Waals surface area contributed by atoms with E-state index in [-0.39, 0.29) is 0 Å². The average Bonchev–Trinajstić information content (AvgIpc) is 2.26. The summed E-state index contributed by atoms with van der Waals surface area (Å²) in [4.78, 5) is 0. The van der Waals surface area contributed by atoms with Crippen molar-refractivity contribution in [3.63, 3.8) is 0 Å². The van der Waals surface area contributed by atoms with Crippen LogP contribution in [-0.2, 0) is 0 Å². The Morgan fingerprint density at radius 3 is 2.69 bits per heavy atom. The summed E-state index contributed by atoms with van der Waals surface area (Å²) >= 11 is 0. The van der Waals surface area contributed by atoms with Gasteiger partial charge in [-0.15, -0.1) is 0 Å². The summed E-state index contributed by atoms with van der Waals surface area (Å²) in [5, 5.41) is 0. The number of hydrogen-bond donors (Lipinski definition) is 1. The molecule has 1 rings (SSSR count). The van der Waals surface area contributed by atoms with E-state index in [2.05, 4.69) is 13.8 Å². The summed E-state index contributed by atoms with van der Waals surface area (Å²) in [5.41, 5.74) is 6.35. The van der Waals surface area contributed by atoms with Gasteiger partial charge in [0.25, 0.3) is 0 Å². The minimum absolute atomic E-state index is 0.636. The Morgan fingerprint density at radius 2 is 2.06 bits per heavy atom. The van der Waals surface area contributed by atoms with Gasteiger partial charge in [-0.2, -0.15) is 0 Å². The Morgan fingerprint density at radius 1 is 1.31 bits per heavy atom. The Bertz CT molecular complexity index is 324. The standard InChI is InChI=1S/C13H21NO2/c1-10(2)5-4-8-16-11-6-7-12(14)13(9-11)15-3/h6-7,9-10H,4-5,8,14H2,1-3H3. The van der Waals surface area contributed by atoms with Gasteiger partial charge in [0, 0.05) is 6.07 Å². The number of rotatable bonds is 6. The van der Waals surface area contributed by atoms with Gasteiger partial charge in [-0.25, -0.2) is 0 Å². The van der Waals surface area contributed by atoms with Crippen molar-refractivity contribution >= 4 is 5.69 Å². The van der Waals surface area contributed by atoms with Crippen LogP contribution in [0.15, 0.2) is 18.2 Å². The van der Waals surface area contributed by atoms with Crippen LogP contribution in [0.1, 0.15) is 26.7 Å². The molecule has 0 heterocycles. The summed E-state index contributed by atoms with van der Waals surface area (Å²) in [6.45, 7) is 5.17. The van der Waals surface area contributed by atoms with E-state index in [1.807, 2.05) is 12.1 Å². The van der Waals surface area contributed by atoms with Crippen molar-refractivity contribution in [3.05, 3.63) is 18.2 Å². The highest BCUT2D eigenvalue weighted by atomic mass is 16.5. The van der Waals surface area contributed by atoms with Gasteiger partial charge in [-0.3, -0.25) is 0 Å². The lowest BCUT2D eigenvalue weighted by molar-refractivity contribution is 0.296. The third kappa shape index (κ3) is 4.01. The first kappa shape index (κ1) is 12.7. The molecule has 0 atom stereocenters. The van der Waals surface area contributed by atoms with Crippen LogP contribution in [0.2, 0.25) is 0 Å². The first-order chi connectivity index (χ1) is 7.63.